The molecule has 2 aromatic heterocycles. The highest BCUT2D eigenvalue weighted by Gasteiger charge is 2.41. The second kappa shape index (κ2) is 7.28. The van der Waals surface area contributed by atoms with Gasteiger partial charge in [-0.15, -0.1) is 0 Å². The van der Waals surface area contributed by atoms with E-state index in [2.05, 4.69) is 0 Å². The number of nitrogens with zero attached hydrogens (tertiary/aromatic N) is 1. The lowest BCUT2D eigenvalue weighted by Gasteiger charge is -2.30. The standard InChI is InChI=1S/C19H18NO5PS2/c1-11-5-6-15(24-11)26(27)18-13(20-19(25-26)12-7-8-28-10-12)9-14(21-2)16(22-3)17(18)23-4/h5-10H,1-4H3. The molecule has 0 bridgehead atoms. The third-order valence-corrected chi connectivity index (χ3v) is 8.57. The molecule has 1 aliphatic heterocycles. The molecule has 0 fully saturated rings. The van der Waals surface area contributed by atoms with Gasteiger partial charge in [-0.25, -0.2) is 4.99 Å². The van der Waals surface area contributed by atoms with Crippen LogP contribution in [0.5, 0.6) is 17.2 Å². The lowest BCUT2D eigenvalue weighted by Crippen LogP contribution is -2.26. The zero-order valence-corrected chi connectivity index (χ0v) is 18.2. The Hall–Kier alpha value is -2.28. The molecule has 0 amide bonds. The Morgan fingerprint density at radius 1 is 1.07 bits per heavy atom. The zero-order valence-electron chi connectivity index (χ0n) is 15.7. The number of hydrogen-bond acceptors (Lipinski definition) is 8. The van der Waals surface area contributed by atoms with E-state index < -0.39 is 6.26 Å². The quantitative estimate of drug-likeness (QED) is 0.562. The van der Waals surface area contributed by atoms with Crippen LogP contribution in [-0.4, -0.2) is 27.2 Å². The average molecular weight is 435 g/mol. The second-order valence-corrected chi connectivity index (χ2v) is 10.5. The van der Waals surface area contributed by atoms with Gasteiger partial charge in [-0.1, -0.05) is 0 Å². The third kappa shape index (κ3) is 2.92. The smallest absolute Gasteiger partial charge is 0.226 e. The number of thiophene rings is 1. The third-order valence-electron chi connectivity index (χ3n) is 4.30. The second-order valence-electron chi connectivity index (χ2n) is 5.97. The Balaban J connectivity index is 2.06. The first-order valence-corrected chi connectivity index (χ1v) is 12.0. The average Bonchev–Trinajstić information content (AvgIpc) is 3.38. The maximum Gasteiger partial charge on any atom is 0.226 e. The molecule has 0 aliphatic carbocycles. The van der Waals surface area contributed by atoms with E-state index in [-0.39, 0.29) is 0 Å². The lowest BCUT2D eigenvalue weighted by atomic mass is 10.2. The van der Waals surface area contributed by atoms with Crippen LogP contribution in [-0.2, 0) is 16.3 Å². The van der Waals surface area contributed by atoms with Gasteiger partial charge in [0, 0.05) is 17.0 Å². The summed E-state index contributed by atoms with van der Waals surface area (Å²) in [6.07, 6.45) is -2.88. The van der Waals surface area contributed by atoms with Crippen LogP contribution in [0.3, 0.4) is 0 Å². The molecule has 1 aromatic carbocycles. The van der Waals surface area contributed by atoms with Gasteiger partial charge in [0.25, 0.3) is 0 Å². The number of hydrogen-bond donors (Lipinski definition) is 0. The van der Waals surface area contributed by atoms with E-state index in [0.29, 0.717) is 39.6 Å². The van der Waals surface area contributed by atoms with Crippen molar-refractivity contribution in [3.63, 3.8) is 0 Å². The van der Waals surface area contributed by atoms with Crippen LogP contribution in [0.15, 0.2) is 44.4 Å². The minimum atomic E-state index is -2.88. The molecule has 6 nitrogen and oxygen atoms in total. The van der Waals surface area contributed by atoms with Crippen LogP contribution < -0.4 is 25.0 Å². The molecule has 28 heavy (non-hydrogen) atoms. The number of aryl methyl sites for hydroxylation is 1. The molecule has 0 saturated carbocycles. The molecule has 0 N–H and O–H groups in total. The van der Waals surface area contributed by atoms with Crippen molar-refractivity contribution < 1.29 is 23.2 Å². The number of methoxy groups -OCH3 is 3. The topological polar surface area (TPSA) is 62.4 Å². The van der Waals surface area contributed by atoms with E-state index >= 15 is 0 Å². The number of ether oxygens (including phenoxy) is 3. The predicted molar refractivity (Wildman–Crippen MR) is 115 cm³/mol. The Morgan fingerprint density at radius 2 is 1.86 bits per heavy atom. The summed E-state index contributed by atoms with van der Waals surface area (Å²) in [5, 5.41) is 4.58. The van der Waals surface area contributed by atoms with E-state index in [1.807, 2.05) is 35.9 Å². The number of aliphatic imine (C=N–C) groups is 1. The highest BCUT2D eigenvalue weighted by atomic mass is 32.4. The SMILES string of the molecule is COc1cc2c(c(OC)c1OC)P(=S)(c1ccc(C)o1)OC(c1ccsc1)=N2. The molecule has 3 heterocycles. The van der Waals surface area contributed by atoms with Crippen LogP contribution >= 0.6 is 17.6 Å². The first kappa shape index (κ1) is 19.1. The maximum absolute atomic E-state index is 6.37. The summed E-state index contributed by atoms with van der Waals surface area (Å²) in [4.78, 5) is 4.71. The van der Waals surface area contributed by atoms with Gasteiger partial charge in [0.1, 0.15) is 11.1 Å². The van der Waals surface area contributed by atoms with Crippen LogP contribution in [0.1, 0.15) is 11.3 Å². The van der Waals surface area contributed by atoms with Gasteiger partial charge in [-0.2, -0.15) is 11.3 Å². The number of benzene rings is 1. The summed E-state index contributed by atoms with van der Waals surface area (Å²) in [5.41, 5.74) is 2.07. The molecule has 4 rings (SSSR count). The molecule has 146 valence electrons. The fourth-order valence-corrected chi connectivity index (χ4v) is 6.90. The van der Waals surface area contributed by atoms with Crippen molar-refractivity contribution in [2.45, 2.75) is 6.92 Å². The predicted octanol–water partition coefficient (Wildman–Crippen LogP) is 4.13. The first-order chi connectivity index (χ1) is 13.5. The van der Waals surface area contributed by atoms with E-state index in [9.17, 15) is 0 Å². The van der Waals surface area contributed by atoms with Crippen molar-refractivity contribution in [3.05, 3.63) is 46.3 Å². The van der Waals surface area contributed by atoms with E-state index in [1.54, 1.807) is 38.7 Å². The first-order valence-electron chi connectivity index (χ1n) is 8.33. The van der Waals surface area contributed by atoms with Gasteiger partial charge in [-0.3, -0.25) is 0 Å². The van der Waals surface area contributed by atoms with E-state index in [1.165, 1.54) is 0 Å². The van der Waals surface area contributed by atoms with Crippen molar-refractivity contribution in [2.75, 3.05) is 21.3 Å². The van der Waals surface area contributed by atoms with Crippen LogP contribution in [0, 0.1) is 6.92 Å². The fraction of sp³-hybridized carbons (Fsp3) is 0.211. The highest BCUT2D eigenvalue weighted by Crippen LogP contribution is 2.57. The number of furan rings is 1. The van der Waals surface area contributed by atoms with E-state index in [0.717, 1.165) is 11.3 Å². The molecule has 0 spiro atoms. The molecular weight excluding hydrogens is 417 g/mol. The normalized spacial score (nSPS) is 18.1. The molecule has 1 aliphatic rings. The van der Waals surface area contributed by atoms with Gasteiger partial charge in [0.15, 0.2) is 17.0 Å². The summed E-state index contributed by atoms with van der Waals surface area (Å²) < 4.78 is 29.0. The van der Waals surface area contributed by atoms with E-state index in [4.69, 9.17) is 40.0 Å². The van der Waals surface area contributed by atoms with Crippen LogP contribution in [0.2, 0.25) is 0 Å². The van der Waals surface area contributed by atoms with Crippen LogP contribution in [0.25, 0.3) is 0 Å². The molecule has 0 radical (unpaired) electrons. The van der Waals surface area contributed by atoms with Crippen molar-refractivity contribution in [3.8, 4) is 17.2 Å². The summed E-state index contributed by atoms with van der Waals surface area (Å²) >= 11 is 7.68. The van der Waals surface area contributed by atoms with Crippen molar-refractivity contribution in [2.24, 2.45) is 4.99 Å². The van der Waals surface area contributed by atoms with Gasteiger partial charge in [0.2, 0.25) is 17.9 Å². The summed E-state index contributed by atoms with van der Waals surface area (Å²) in [7, 11) is 4.68. The minimum absolute atomic E-state index is 0.444. The largest absolute Gasteiger partial charge is 0.493 e. The monoisotopic (exact) mass is 435 g/mol. The molecule has 1 unspecified atom stereocenters. The molecule has 0 saturated heterocycles. The van der Waals surface area contributed by atoms with Gasteiger partial charge >= 0.3 is 0 Å². The lowest BCUT2D eigenvalue weighted by molar-refractivity contribution is 0.326. The molecule has 3 aromatic rings. The summed E-state index contributed by atoms with van der Waals surface area (Å²) in [6.45, 7) is 1.87. The Labute approximate surface area is 171 Å². The maximum atomic E-state index is 6.37. The molecule has 9 heteroatoms. The Bertz CT molecular complexity index is 1100. The number of fused-ring (bicyclic) bond motifs is 1. The Kier molecular flexibility index (Phi) is 4.95. The van der Waals surface area contributed by atoms with Gasteiger partial charge in [-0.05, 0) is 42.3 Å². The van der Waals surface area contributed by atoms with Gasteiger partial charge < -0.3 is 23.2 Å². The van der Waals surface area contributed by atoms with Gasteiger partial charge in [0.05, 0.1) is 27.0 Å². The van der Waals surface area contributed by atoms with Crippen LogP contribution in [0.4, 0.5) is 5.69 Å². The Morgan fingerprint density at radius 3 is 2.43 bits per heavy atom. The summed E-state index contributed by atoms with van der Waals surface area (Å²) in [5.74, 6) is 2.61. The van der Waals surface area contributed by atoms with Crippen molar-refractivity contribution in [1.29, 1.82) is 0 Å². The molecular formula is C19H18NO5PS2. The summed E-state index contributed by atoms with van der Waals surface area (Å²) in [6, 6.07) is 7.46. The fourth-order valence-electron chi connectivity index (χ4n) is 3.03. The minimum Gasteiger partial charge on any atom is -0.493 e. The highest BCUT2D eigenvalue weighted by molar-refractivity contribution is 8.19. The zero-order chi connectivity index (χ0) is 19.9. The molecule has 1 atom stereocenters. The van der Waals surface area contributed by atoms with Crippen molar-refractivity contribution in [1.82, 2.24) is 0 Å². The van der Waals surface area contributed by atoms with Crippen molar-refractivity contribution >= 4 is 51.8 Å². The number of rotatable bonds is 5.